The van der Waals surface area contributed by atoms with Crippen molar-refractivity contribution in [3.63, 3.8) is 0 Å². The van der Waals surface area contributed by atoms with E-state index in [1.54, 1.807) is 6.07 Å². The van der Waals surface area contributed by atoms with Gasteiger partial charge in [-0.05, 0) is 35.1 Å². The maximum Gasteiger partial charge on any atom is 0.207 e. The van der Waals surface area contributed by atoms with Gasteiger partial charge in [0.25, 0.3) is 0 Å². The highest BCUT2D eigenvalue weighted by molar-refractivity contribution is 5.70. The van der Waals surface area contributed by atoms with E-state index in [1.165, 1.54) is 12.1 Å². The number of nitrogens with one attached hydrogen (secondary N) is 1. The minimum absolute atomic E-state index is 0.167. The summed E-state index contributed by atoms with van der Waals surface area (Å²) in [5.41, 5.74) is 2.99. The molecule has 0 fully saturated rings. The van der Waals surface area contributed by atoms with E-state index in [2.05, 4.69) is 26.1 Å². The molecule has 4 heteroatoms. The van der Waals surface area contributed by atoms with E-state index in [0.29, 0.717) is 25.3 Å². The average molecular weight is 329 g/mol. The maximum absolute atomic E-state index is 13.6. The van der Waals surface area contributed by atoms with Crippen LogP contribution in [0.15, 0.2) is 42.5 Å². The lowest BCUT2D eigenvalue weighted by molar-refractivity contribution is -0.109. The summed E-state index contributed by atoms with van der Waals surface area (Å²) >= 11 is 0. The van der Waals surface area contributed by atoms with E-state index in [9.17, 15) is 9.18 Å². The molecule has 0 aliphatic carbocycles. The van der Waals surface area contributed by atoms with Crippen LogP contribution in [0.1, 0.15) is 32.8 Å². The third-order valence-electron chi connectivity index (χ3n) is 3.71. The Morgan fingerprint density at radius 2 is 1.83 bits per heavy atom. The molecule has 0 saturated carbocycles. The molecule has 0 unspecified atom stereocenters. The topological polar surface area (TPSA) is 38.3 Å². The van der Waals surface area contributed by atoms with Crippen LogP contribution >= 0.6 is 0 Å². The van der Waals surface area contributed by atoms with Crippen molar-refractivity contribution in [2.45, 2.75) is 33.7 Å². The summed E-state index contributed by atoms with van der Waals surface area (Å²) in [5.74, 6) is 0.245. The number of hydrogen-bond donors (Lipinski definition) is 1. The Labute approximate surface area is 142 Å². The fraction of sp³-hybridized carbons (Fsp3) is 0.350. The Hall–Kier alpha value is -2.36. The summed E-state index contributed by atoms with van der Waals surface area (Å²) in [4.78, 5) is 10.4. The minimum atomic E-state index is -0.309. The zero-order valence-corrected chi connectivity index (χ0v) is 14.4. The predicted octanol–water partition coefficient (Wildman–Crippen LogP) is 4.55. The minimum Gasteiger partial charge on any atom is -0.493 e. The standard InChI is InChI=1S/C20H24FNO2/c1-20(2,3)10-11-24-19-12-17(21)8-9-18(19)16-6-4-15(5-7-16)13-22-14-23/h4-9,12,14H,10-11,13H2,1-3H3,(H,22,23). The molecule has 1 amide bonds. The average Bonchev–Trinajstić information content (AvgIpc) is 2.52. The van der Waals surface area contributed by atoms with E-state index in [4.69, 9.17) is 4.74 Å². The van der Waals surface area contributed by atoms with Crippen LogP contribution in [-0.2, 0) is 11.3 Å². The van der Waals surface area contributed by atoms with E-state index in [1.807, 2.05) is 24.3 Å². The fourth-order valence-electron chi connectivity index (χ4n) is 2.28. The number of amides is 1. The Morgan fingerprint density at radius 3 is 2.46 bits per heavy atom. The Morgan fingerprint density at radius 1 is 1.12 bits per heavy atom. The van der Waals surface area contributed by atoms with Gasteiger partial charge in [0.2, 0.25) is 6.41 Å². The number of ether oxygens (including phenoxy) is 1. The first-order valence-corrected chi connectivity index (χ1v) is 8.08. The smallest absolute Gasteiger partial charge is 0.207 e. The van der Waals surface area contributed by atoms with Crippen molar-refractivity contribution in [2.24, 2.45) is 5.41 Å². The second kappa shape index (κ2) is 7.95. The number of hydrogen-bond acceptors (Lipinski definition) is 2. The largest absolute Gasteiger partial charge is 0.493 e. The van der Waals surface area contributed by atoms with Crippen LogP contribution < -0.4 is 10.1 Å². The zero-order chi connectivity index (χ0) is 17.6. The zero-order valence-electron chi connectivity index (χ0n) is 14.4. The van der Waals surface area contributed by atoms with E-state index in [-0.39, 0.29) is 11.2 Å². The third-order valence-corrected chi connectivity index (χ3v) is 3.71. The second-order valence-corrected chi connectivity index (χ2v) is 7.00. The number of benzene rings is 2. The van der Waals surface area contributed by atoms with Crippen LogP contribution in [0, 0.1) is 11.2 Å². The number of halogens is 1. The summed E-state index contributed by atoms with van der Waals surface area (Å²) in [7, 11) is 0. The van der Waals surface area contributed by atoms with Gasteiger partial charge in [-0.3, -0.25) is 4.79 Å². The van der Waals surface area contributed by atoms with Gasteiger partial charge in [0.15, 0.2) is 0 Å². The van der Waals surface area contributed by atoms with Gasteiger partial charge in [-0.25, -0.2) is 4.39 Å². The molecule has 2 aromatic carbocycles. The first kappa shape index (κ1) is 18.0. The molecule has 0 aromatic heterocycles. The van der Waals surface area contributed by atoms with Gasteiger partial charge in [0.1, 0.15) is 11.6 Å². The number of carbonyl (C=O) groups excluding carboxylic acids is 1. The summed E-state index contributed by atoms with van der Waals surface area (Å²) < 4.78 is 19.5. The molecular formula is C20H24FNO2. The van der Waals surface area contributed by atoms with Crippen LogP contribution in [-0.4, -0.2) is 13.0 Å². The molecule has 0 radical (unpaired) electrons. The molecule has 0 aliphatic rings. The molecule has 0 heterocycles. The summed E-state index contributed by atoms with van der Waals surface area (Å²) in [6, 6.07) is 12.4. The highest BCUT2D eigenvalue weighted by atomic mass is 19.1. The molecule has 0 aliphatic heterocycles. The van der Waals surface area contributed by atoms with Crippen molar-refractivity contribution in [3.05, 3.63) is 53.8 Å². The van der Waals surface area contributed by atoms with E-state index < -0.39 is 0 Å². The first-order chi connectivity index (χ1) is 11.4. The normalized spacial score (nSPS) is 11.2. The van der Waals surface area contributed by atoms with Crippen molar-refractivity contribution in [3.8, 4) is 16.9 Å². The lowest BCUT2D eigenvalue weighted by Crippen LogP contribution is -2.11. The molecule has 2 rings (SSSR count). The maximum atomic E-state index is 13.6. The quantitative estimate of drug-likeness (QED) is 0.757. The molecule has 0 bridgehead atoms. The van der Waals surface area contributed by atoms with Crippen molar-refractivity contribution >= 4 is 6.41 Å². The summed E-state index contributed by atoms with van der Waals surface area (Å²) in [6.45, 7) is 7.47. The molecule has 128 valence electrons. The predicted molar refractivity (Wildman–Crippen MR) is 94.3 cm³/mol. The molecule has 1 N–H and O–H groups in total. The van der Waals surface area contributed by atoms with Crippen molar-refractivity contribution < 1.29 is 13.9 Å². The third kappa shape index (κ3) is 5.37. The Balaban J connectivity index is 2.18. The molecule has 0 atom stereocenters. The van der Waals surface area contributed by atoms with Crippen molar-refractivity contribution in [1.82, 2.24) is 5.32 Å². The molecule has 0 saturated heterocycles. The summed E-state index contributed by atoms with van der Waals surface area (Å²) in [6.07, 6.45) is 1.56. The molecule has 3 nitrogen and oxygen atoms in total. The van der Waals surface area contributed by atoms with Crippen molar-refractivity contribution in [2.75, 3.05) is 6.61 Å². The Bertz CT molecular complexity index is 675. The van der Waals surface area contributed by atoms with Crippen LogP contribution in [0.2, 0.25) is 0 Å². The van der Waals surface area contributed by atoms with Crippen LogP contribution in [0.5, 0.6) is 5.75 Å². The Kier molecular flexibility index (Phi) is 5.96. The van der Waals surface area contributed by atoms with Gasteiger partial charge in [0.05, 0.1) is 6.61 Å². The van der Waals surface area contributed by atoms with Crippen LogP contribution in [0.4, 0.5) is 4.39 Å². The number of rotatable bonds is 7. The van der Waals surface area contributed by atoms with Crippen LogP contribution in [0.3, 0.4) is 0 Å². The van der Waals surface area contributed by atoms with Gasteiger partial charge in [-0.2, -0.15) is 0 Å². The first-order valence-electron chi connectivity index (χ1n) is 8.08. The van der Waals surface area contributed by atoms with Gasteiger partial charge in [-0.15, -0.1) is 0 Å². The van der Waals surface area contributed by atoms with Crippen LogP contribution in [0.25, 0.3) is 11.1 Å². The SMILES string of the molecule is CC(C)(C)CCOc1cc(F)ccc1-c1ccc(CNC=O)cc1. The fourth-order valence-corrected chi connectivity index (χ4v) is 2.28. The molecule has 0 spiro atoms. The molecular weight excluding hydrogens is 305 g/mol. The monoisotopic (exact) mass is 329 g/mol. The van der Waals surface area contributed by atoms with E-state index >= 15 is 0 Å². The van der Waals surface area contributed by atoms with E-state index in [0.717, 1.165) is 23.1 Å². The van der Waals surface area contributed by atoms with Gasteiger partial charge in [-0.1, -0.05) is 45.0 Å². The molecule has 2 aromatic rings. The van der Waals surface area contributed by atoms with Crippen molar-refractivity contribution in [1.29, 1.82) is 0 Å². The lowest BCUT2D eigenvalue weighted by Gasteiger charge is -2.19. The summed E-state index contributed by atoms with van der Waals surface area (Å²) in [5, 5.41) is 2.63. The highest BCUT2D eigenvalue weighted by Gasteiger charge is 2.12. The van der Waals surface area contributed by atoms with Gasteiger partial charge < -0.3 is 10.1 Å². The van der Waals surface area contributed by atoms with Gasteiger partial charge in [0, 0.05) is 18.2 Å². The molecule has 24 heavy (non-hydrogen) atoms. The lowest BCUT2D eigenvalue weighted by atomic mass is 9.93. The second-order valence-electron chi connectivity index (χ2n) is 7.00. The number of carbonyl (C=O) groups is 1. The highest BCUT2D eigenvalue weighted by Crippen LogP contribution is 2.31. The van der Waals surface area contributed by atoms with Gasteiger partial charge >= 0.3 is 0 Å².